The average molecular weight is 746 g/mol. The van der Waals surface area contributed by atoms with E-state index < -0.39 is 12.4 Å². The molecule has 6 rings (SSSR count). The lowest BCUT2D eigenvalue weighted by atomic mass is 9.67. The summed E-state index contributed by atoms with van der Waals surface area (Å²) in [5, 5.41) is 3.35. The van der Waals surface area contributed by atoms with E-state index in [1.807, 2.05) is 27.8 Å². The van der Waals surface area contributed by atoms with Crippen molar-refractivity contribution in [2.24, 2.45) is 35.5 Å². The van der Waals surface area contributed by atoms with E-state index in [2.05, 4.69) is 38.2 Å². The van der Waals surface area contributed by atoms with Crippen molar-refractivity contribution in [3.05, 3.63) is 23.3 Å². The van der Waals surface area contributed by atoms with Crippen LogP contribution >= 0.6 is 0 Å². The molecule has 0 radical (unpaired) electrons. The molecule has 1 saturated carbocycles. The molecule has 53 heavy (non-hydrogen) atoms. The average Bonchev–Trinajstić information content (AvgIpc) is 3.72. The van der Waals surface area contributed by atoms with Gasteiger partial charge in [0.15, 0.2) is 18.4 Å². The van der Waals surface area contributed by atoms with Gasteiger partial charge >= 0.3 is 5.97 Å². The number of nitrogens with one attached hydrogen (secondary N) is 1. The van der Waals surface area contributed by atoms with Crippen molar-refractivity contribution >= 4 is 11.8 Å². The van der Waals surface area contributed by atoms with E-state index in [9.17, 15) is 9.59 Å². The largest absolute Gasteiger partial charge is 0.462 e. The number of likely N-dealkylation sites (N-methyl/N-ethyl adjacent to an activating group) is 1. The number of esters is 1. The number of hydrogen-bond donors (Lipinski definition) is 1. The molecule has 0 unspecified atom stereocenters. The lowest BCUT2D eigenvalue weighted by Crippen LogP contribution is -2.60. The molecule has 0 amide bonds. The molecule has 0 aromatic carbocycles. The van der Waals surface area contributed by atoms with Crippen molar-refractivity contribution in [3.63, 3.8) is 0 Å². The zero-order chi connectivity index (χ0) is 38.0. The predicted molar refractivity (Wildman–Crippen MR) is 199 cm³/mol. The fourth-order valence-electron chi connectivity index (χ4n) is 10.6. The molecule has 11 nitrogen and oxygen atoms in total. The van der Waals surface area contributed by atoms with Crippen LogP contribution in [0.3, 0.4) is 0 Å². The number of methoxy groups -OCH3 is 2. The Kier molecular flexibility index (Phi) is 13.9. The Bertz CT molecular complexity index is 1320. The van der Waals surface area contributed by atoms with Crippen LogP contribution in [0.2, 0.25) is 0 Å². The van der Waals surface area contributed by atoms with Gasteiger partial charge in [-0.25, -0.2) is 0 Å². The Morgan fingerprint density at radius 3 is 2.30 bits per heavy atom. The minimum atomic E-state index is -0.596. The van der Waals surface area contributed by atoms with Crippen LogP contribution in [-0.4, -0.2) is 107 Å². The lowest BCUT2D eigenvalue weighted by Gasteiger charge is -2.44. The Hall–Kier alpha value is -1.70. The zero-order valence-electron chi connectivity index (χ0n) is 33.6. The molecule has 0 bridgehead atoms. The summed E-state index contributed by atoms with van der Waals surface area (Å²) >= 11 is 0. The van der Waals surface area contributed by atoms with Crippen LogP contribution in [0.25, 0.3) is 0 Å². The highest BCUT2D eigenvalue weighted by Crippen LogP contribution is 2.56. The van der Waals surface area contributed by atoms with Crippen molar-refractivity contribution in [2.75, 3.05) is 27.9 Å². The molecule has 3 saturated heterocycles. The molecule has 3 aliphatic carbocycles. The van der Waals surface area contributed by atoms with Crippen molar-refractivity contribution < 1.29 is 47.5 Å². The second-order valence-corrected chi connectivity index (χ2v) is 16.5. The minimum absolute atomic E-state index is 0.0222. The number of cyclic esters (lactones) is 1. The molecule has 3 heterocycles. The zero-order valence-corrected chi connectivity index (χ0v) is 33.6. The van der Waals surface area contributed by atoms with E-state index in [-0.39, 0.29) is 103 Å². The monoisotopic (exact) mass is 745 g/mol. The number of carbonyl (C=O) groups is 2. The maximum Gasteiger partial charge on any atom is 0.306 e. The number of fused-ring (bicyclic) bond motifs is 5. The Morgan fingerprint density at radius 1 is 0.849 bits per heavy atom. The number of rotatable bonds is 10. The van der Waals surface area contributed by atoms with Crippen LogP contribution < -0.4 is 5.32 Å². The van der Waals surface area contributed by atoms with Gasteiger partial charge in [0.25, 0.3) is 0 Å². The van der Waals surface area contributed by atoms with Crippen LogP contribution in [-0.2, 0) is 47.5 Å². The highest BCUT2D eigenvalue weighted by atomic mass is 16.7. The number of ketones is 1. The van der Waals surface area contributed by atoms with E-state index in [0.717, 1.165) is 50.5 Å². The van der Waals surface area contributed by atoms with Gasteiger partial charge in [0.2, 0.25) is 0 Å². The maximum absolute atomic E-state index is 14.7. The van der Waals surface area contributed by atoms with Gasteiger partial charge in [-0.15, -0.1) is 0 Å². The number of hydrogen-bond acceptors (Lipinski definition) is 11. The summed E-state index contributed by atoms with van der Waals surface area (Å²) in [6.07, 6.45) is 8.55. The lowest BCUT2D eigenvalue weighted by molar-refractivity contribution is -0.317. The van der Waals surface area contributed by atoms with Crippen LogP contribution in [0.1, 0.15) is 99.3 Å². The summed E-state index contributed by atoms with van der Waals surface area (Å²) in [6, 6.07) is 0.286. The molecule has 4 fully saturated rings. The first kappa shape index (κ1) is 40.9. The van der Waals surface area contributed by atoms with Crippen molar-refractivity contribution in [1.29, 1.82) is 0 Å². The Morgan fingerprint density at radius 2 is 1.62 bits per heavy atom. The molecule has 3 aliphatic heterocycles. The molecule has 6 aliphatic rings. The normalized spacial score (nSPS) is 45.2. The smallest absolute Gasteiger partial charge is 0.306 e. The summed E-state index contributed by atoms with van der Waals surface area (Å²) in [7, 11) is 5.31. The summed E-state index contributed by atoms with van der Waals surface area (Å²) in [6.45, 7) is 12.9. The van der Waals surface area contributed by atoms with Gasteiger partial charge < -0.3 is 43.2 Å². The van der Waals surface area contributed by atoms with Crippen LogP contribution in [0.4, 0.5) is 0 Å². The van der Waals surface area contributed by atoms with E-state index in [1.165, 1.54) is 5.57 Å². The van der Waals surface area contributed by atoms with Gasteiger partial charge in [0, 0.05) is 38.7 Å². The molecular formula is C42H67NO10. The van der Waals surface area contributed by atoms with E-state index in [4.69, 9.17) is 37.9 Å². The van der Waals surface area contributed by atoms with E-state index in [1.54, 1.807) is 14.2 Å². The fourth-order valence-corrected chi connectivity index (χ4v) is 10.6. The van der Waals surface area contributed by atoms with E-state index >= 15 is 0 Å². The molecule has 0 spiro atoms. The number of Topliss-reactive ketones (excluding diaryl/α,β-unsaturated/α-hetero) is 1. The summed E-state index contributed by atoms with van der Waals surface area (Å²) in [4.78, 5) is 28.3. The van der Waals surface area contributed by atoms with Gasteiger partial charge in [-0.05, 0) is 115 Å². The molecule has 300 valence electrons. The molecular weight excluding hydrogens is 678 g/mol. The van der Waals surface area contributed by atoms with Crippen molar-refractivity contribution in [2.45, 2.75) is 167 Å². The SMILES string of the molecule is CCO[C@@H]1[C@@H](OC)[C@H](C)O[C@@H](O[C@H]2C[C@H]3[C@@H]4C=C5C(=O)[C@H](C)[C@@H](O[C@H]6CC[C@H](NC)[C@@H](C)O6)CCC[C@H](CC)OC(=O)C[C@H]5[C@@H]4C=C(C)[C@@H]3C2)[C@@H]1OC. The van der Waals surface area contributed by atoms with Crippen LogP contribution in [0.5, 0.6) is 0 Å². The fraction of sp³-hybridized carbons (Fsp3) is 0.857. The van der Waals surface area contributed by atoms with Gasteiger partial charge in [0.05, 0.1) is 30.8 Å². The third kappa shape index (κ3) is 8.68. The van der Waals surface area contributed by atoms with Gasteiger partial charge in [0.1, 0.15) is 24.4 Å². The topological polar surface area (TPSA) is 120 Å². The third-order valence-electron chi connectivity index (χ3n) is 13.5. The first-order chi connectivity index (χ1) is 25.5. The highest BCUT2D eigenvalue weighted by molar-refractivity contribution is 5.99. The predicted octanol–water partition coefficient (Wildman–Crippen LogP) is 5.93. The maximum atomic E-state index is 14.7. The third-order valence-corrected chi connectivity index (χ3v) is 13.5. The summed E-state index contributed by atoms with van der Waals surface area (Å²) in [5.74, 6) is 0.00753. The molecule has 0 aromatic heterocycles. The highest BCUT2D eigenvalue weighted by Gasteiger charge is 2.54. The minimum Gasteiger partial charge on any atom is -0.462 e. The first-order valence-corrected chi connectivity index (χ1v) is 20.6. The number of carbonyl (C=O) groups excluding carboxylic acids is 2. The van der Waals surface area contributed by atoms with Crippen molar-refractivity contribution in [1.82, 2.24) is 5.32 Å². The van der Waals surface area contributed by atoms with Crippen LogP contribution in [0.15, 0.2) is 23.3 Å². The second-order valence-electron chi connectivity index (χ2n) is 16.5. The van der Waals surface area contributed by atoms with Crippen LogP contribution in [0, 0.1) is 35.5 Å². The number of ether oxygens (including phenoxy) is 8. The Labute approximate surface area is 317 Å². The standard InChI is InChI=1S/C42H67NO10/c1-10-26-13-12-14-35(53-37-16-15-34(43-7)24(5)49-37)23(4)38(45)33-20-31-29(32(33)21-36(44)51-26)17-22(3)28-18-27(19-30(28)31)52-42-41(47-9)40(48-11-2)39(46-8)25(6)50-42/h17,20,23-32,34-35,37,39-43H,10-16,18-19,21H2,1-9H3/t23-,24-,25+,26+,27-,28+,29-,30-,31-,32+,34+,35+,37+,39+,40-,41-,42+/m1/s1. The second kappa shape index (κ2) is 18.0. The number of allylic oxidation sites excluding steroid dienone is 4. The first-order valence-electron chi connectivity index (χ1n) is 20.6. The quantitative estimate of drug-likeness (QED) is 0.212. The summed E-state index contributed by atoms with van der Waals surface area (Å²) < 4.78 is 50.1. The van der Waals surface area contributed by atoms with Gasteiger partial charge in [-0.3, -0.25) is 9.59 Å². The molecule has 17 atom stereocenters. The Balaban J connectivity index is 1.23. The molecule has 11 heteroatoms. The summed E-state index contributed by atoms with van der Waals surface area (Å²) in [5.41, 5.74) is 2.07. The van der Waals surface area contributed by atoms with E-state index in [0.29, 0.717) is 18.9 Å². The van der Waals surface area contributed by atoms with Gasteiger partial charge in [-0.2, -0.15) is 0 Å². The van der Waals surface area contributed by atoms with Crippen molar-refractivity contribution in [3.8, 4) is 0 Å². The molecule has 0 aromatic rings. The molecule has 1 N–H and O–H groups in total. The van der Waals surface area contributed by atoms with Gasteiger partial charge in [-0.1, -0.05) is 31.6 Å².